The number of hydrogen-bond donors (Lipinski definition) is 2. The van der Waals surface area contributed by atoms with Crippen molar-refractivity contribution < 1.29 is 9.59 Å². The molecule has 1 aromatic rings. The summed E-state index contributed by atoms with van der Waals surface area (Å²) in [5, 5.41) is 6.62. The lowest BCUT2D eigenvalue weighted by Crippen LogP contribution is -2.54. The molecule has 1 atom stereocenters. The summed E-state index contributed by atoms with van der Waals surface area (Å²) in [5.74, 6) is 0.808. The Morgan fingerprint density at radius 1 is 1.14 bits per heavy atom. The van der Waals surface area contributed by atoms with Crippen LogP contribution in [0.25, 0.3) is 0 Å². The van der Waals surface area contributed by atoms with E-state index in [9.17, 15) is 9.59 Å². The van der Waals surface area contributed by atoms with Gasteiger partial charge in [0, 0.05) is 24.7 Å². The Balaban J connectivity index is 0.00000280. The number of carbonyl (C=O) groups excluding carboxylic acids is 2. The number of piperidine rings is 1. The third-order valence-corrected chi connectivity index (χ3v) is 5.70. The Morgan fingerprint density at radius 3 is 2.39 bits per heavy atom. The van der Waals surface area contributed by atoms with E-state index in [2.05, 4.69) is 10.6 Å². The molecule has 0 aromatic heterocycles. The Kier molecular flexibility index (Phi) is 8.32. The van der Waals surface area contributed by atoms with Crippen LogP contribution in [0.4, 0.5) is 0 Å². The fraction of sp³-hybridized carbons (Fsp3) is 0.636. The summed E-state index contributed by atoms with van der Waals surface area (Å²) >= 11 is 0. The quantitative estimate of drug-likeness (QED) is 0.729. The van der Waals surface area contributed by atoms with Gasteiger partial charge in [-0.05, 0) is 63.1 Å². The Bertz CT molecular complexity index is 668. The fourth-order valence-electron chi connectivity index (χ4n) is 3.68. The molecule has 0 bridgehead atoms. The molecule has 0 spiro atoms. The van der Waals surface area contributed by atoms with Crippen molar-refractivity contribution in [1.29, 1.82) is 0 Å². The number of carbonyl (C=O) groups is 2. The predicted octanol–water partition coefficient (Wildman–Crippen LogP) is 3.16. The summed E-state index contributed by atoms with van der Waals surface area (Å²) in [6.07, 6.45) is 4.71. The minimum Gasteiger partial charge on any atom is -0.341 e. The van der Waals surface area contributed by atoms with Crippen LogP contribution in [0.1, 0.15) is 55.5 Å². The largest absolute Gasteiger partial charge is 0.341 e. The average molecular weight is 408 g/mol. The fourth-order valence-corrected chi connectivity index (χ4v) is 3.68. The van der Waals surface area contributed by atoms with E-state index in [-0.39, 0.29) is 30.1 Å². The molecule has 1 unspecified atom stereocenters. The van der Waals surface area contributed by atoms with Gasteiger partial charge in [-0.15, -0.1) is 12.4 Å². The maximum absolute atomic E-state index is 13.0. The monoisotopic (exact) mass is 407 g/mol. The molecule has 1 saturated heterocycles. The van der Waals surface area contributed by atoms with Crippen LogP contribution in [0.3, 0.4) is 0 Å². The minimum absolute atomic E-state index is 0. The molecule has 2 aliphatic rings. The van der Waals surface area contributed by atoms with Crippen LogP contribution in [0.15, 0.2) is 24.3 Å². The number of hydrogen-bond acceptors (Lipinski definition) is 3. The third kappa shape index (κ3) is 6.21. The smallest absolute Gasteiger partial charge is 0.251 e. The van der Waals surface area contributed by atoms with Crippen molar-refractivity contribution in [3.05, 3.63) is 35.4 Å². The first kappa shape index (κ1) is 22.7. The van der Waals surface area contributed by atoms with Crippen LogP contribution in [0.2, 0.25) is 0 Å². The number of amides is 2. The van der Waals surface area contributed by atoms with E-state index in [0.29, 0.717) is 11.6 Å². The molecule has 2 N–H and O–H groups in total. The van der Waals surface area contributed by atoms with Crippen LogP contribution < -0.4 is 10.6 Å². The van der Waals surface area contributed by atoms with E-state index in [0.717, 1.165) is 44.0 Å². The Labute approximate surface area is 175 Å². The lowest BCUT2D eigenvalue weighted by atomic mass is 9.99. The summed E-state index contributed by atoms with van der Waals surface area (Å²) in [6, 6.07) is 7.53. The zero-order valence-corrected chi connectivity index (χ0v) is 18.1. The van der Waals surface area contributed by atoms with Crippen LogP contribution in [-0.4, -0.2) is 48.4 Å². The molecule has 1 saturated carbocycles. The first-order chi connectivity index (χ1) is 12.9. The van der Waals surface area contributed by atoms with Gasteiger partial charge in [-0.2, -0.15) is 0 Å². The number of halogens is 1. The SMILES string of the molecule is Cc1cccc(C(=O)NC(C(=O)N2CCC(NCC3CC3)CC2)C(C)C)c1.Cl. The molecule has 2 fully saturated rings. The first-order valence-electron chi connectivity index (χ1n) is 10.3. The number of nitrogens with one attached hydrogen (secondary N) is 2. The summed E-state index contributed by atoms with van der Waals surface area (Å²) in [6.45, 7) is 8.60. The van der Waals surface area contributed by atoms with Gasteiger partial charge in [0.25, 0.3) is 5.91 Å². The van der Waals surface area contributed by atoms with Gasteiger partial charge in [-0.3, -0.25) is 9.59 Å². The van der Waals surface area contributed by atoms with Gasteiger partial charge >= 0.3 is 0 Å². The lowest BCUT2D eigenvalue weighted by molar-refractivity contribution is -0.135. The molecule has 1 heterocycles. The van der Waals surface area contributed by atoms with E-state index >= 15 is 0 Å². The van der Waals surface area contributed by atoms with Crippen LogP contribution in [0, 0.1) is 18.8 Å². The van der Waals surface area contributed by atoms with Crippen molar-refractivity contribution in [2.24, 2.45) is 11.8 Å². The standard InChI is InChI=1S/C22H33N3O2.ClH/c1-15(2)20(24-21(26)18-6-4-5-16(3)13-18)22(27)25-11-9-19(10-12-25)23-14-17-7-8-17;/h4-6,13,15,17,19-20,23H,7-12,14H2,1-3H3,(H,24,26);1H. The number of nitrogens with zero attached hydrogens (tertiary/aromatic N) is 1. The molecule has 1 aliphatic heterocycles. The molecule has 1 aliphatic carbocycles. The summed E-state index contributed by atoms with van der Waals surface area (Å²) in [4.78, 5) is 27.6. The molecule has 28 heavy (non-hydrogen) atoms. The van der Waals surface area contributed by atoms with Gasteiger partial charge in [-0.25, -0.2) is 0 Å². The van der Waals surface area contributed by atoms with Gasteiger partial charge in [0.15, 0.2) is 0 Å². The summed E-state index contributed by atoms with van der Waals surface area (Å²) < 4.78 is 0. The van der Waals surface area contributed by atoms with Gasteiger partial charge < -0.3 is 15.5 Å². The lowest BCUT2D eigenvalue weighted by Gasteiger charge is -2.35. The highest BCUT2D eigenvalue weighted by Crippen LogP contribution is 2.28. The van der Waals surface area contributed by atoms with E-state index in [1.165, 1.54) is 12.8 Å². The van der Waals surface area contributed by atoms with Crippen molar-refractivity contribution >= 4 is 24.2 Å². The summed E-state index contributed by atoms with van der Waals surface area (Å²) in [5.41, 5.74) is 1.65. The van der Waals surface area contributed by atoms with E-state index in [1.54, 1.807) is 6.07 Å². The second kappa shape index (κ2) is 10.3. The number of aryl methyl sites for hydroxylation is 1. The molecular formula is C22H34ClN3O2. The van der Waals surface area contributed by atoms with Gasteiger partial charge in [-0.1, -0.05) is 31.5 Å². The second-order valence-electron chi connectivity index (χ2n) is 8.52. The van der Waals surface area contributed by atoms with Crippen LogP contribution in [0.5, 0.6) is 0 Å². The van der Waals surface area contributed by atoms with Crippen LogP contribution in [-0.2, 0) is 4.79 Å². The summed E-state index contributed by atoms with van der Waals surface area (Å²) in [7, 11) is 0. The highest BCUT2D eigenvalue weighted by molar-refractivity contribution is 5.97. The first-order valence-corrected chi connectivity index (χ1v) is 10.3. The Hall–Kier alpha value is -1.59. The zero-order chi connectivity index (χ0) is 19.4. The molecule has 0 radical (unpaired) electrons. The Morgan fingerprint density at radius 2 is 1.82 bits per heavy atom. The molecule has 2 amide bonds. The molecule has 3 rings (SSSR count). The van der Waals surface area contributed by atoms with Crippen molar-refractivity contribution in [3.8, 4) is 0 Å². The number of likely N-dealkylation sites (tertiary alicyclic amines) is 1. The molecular weight excluding hydrogens is 374 g/mol. The van der Waals surface area contributed by atoms with Crippen LogP contribution >= 0.6 is 12.4 Å². The number of benzene rings is 1. The molecule has 5 nitrogen and oxygen atoms in total. The maximum Gasteiger partial charge on any atom is 0.251 e. The van der Waals surface area contributed by atoms with E-state index in [1.807, 2.05) is 43.9 Å². The number of rotatable bonds is 7. The van der Waals surface area contributed by atoms with E-state index in [4.69, 9.17) is 0 Å². The topological polar surface area (TPSA) is 61.4 Å². The normalized spacial score (nSPS) is 18.5. The van der Waals surface area contributed by atoms with Crippen molar-refractivity contribution in [2.75, 3.05) is 19.6 Å². The highest BCUT2D eigenvalue weighted by Gasteiger charge is 2.32. The molecule has 1 aromatic carbocycles. The predicted molar refractivity (Wildman–Crippen MR) is 115 cm³/mol. The van der Waals surface area contributed by atoms with Crippen molar-refractivity contribution in [3.63, 3.8) is 0 Å². The second-order valence-corrected chi connectivity index (χ2v) is 8.52. The minimum atomic E-state index is -0.478. The van der Waals surface area contributed by atoms with Gasteiger partial charge in [0.1, 0.15) is 6.04 Å². The van der Waals surface area contributed by atoms with Crippen molar-refractivity contribution in [2.45, 2.75) is 58.5 Å². The van der Waals surface area contributed by atoms with Gasteiger partial charge in [0.05, 0.1) is 0 Å². The third-order valence-electron chi connectivity index (χ3n) is 5.70. The zero-order valence-electron chi connectivity index (χ0n) is 17.2. The average Bonchev–Trinajstić information content (AvgIpc) is 3.48. The highest BCUT2D eigenvalue weighted by atomic mass is 35.5. The maximum atomic E-state index is 13.0. The van der Waals surface area contributed by atoms with Crippen molar-refractivity contribution in [1.82, 2.24) is 15.5 Å². The molecule has 156 valence electrons. The van der Waals surface area contributed by atoms with E-state index < -0.39 is 6.04 Å². The van der Waals surface area contributed by atoms with Gasteiger partial charge in [0.2, 0.25) is 5.91 Å². The molecule has 6 heteroatoms.